The summed E-state index contributed by atoms with van der Waals surface area (Å²) in [4.78, 5) is 4.19. The molecule has 17 heavy (non-hydrogen) atoms. The Kier molecular flexibility index (Phi) is 2.43. The molecule has 0 aliphatic carbocycles. The zero-order valence-electron chi connectivity index (χ0n) is 9.12. The van der Waals surface area contributed by atoms with E-state index in [1.54, 1.807) is 4.68 Å². The zero-order valence-corrected chi connectivity index (χ0v) is 9.12. The molecule has 0 atom stereocenters. The molecule has 0 fully saturated rings. The van der Waals surface area contributed by atoms with E-state index in [1.807, 2.05) is 60.7 Å². The summed E-state index contributed by atoms with van der Waals surface area (Å²) in [6.07, 6.45) is 2.66. The number of hydrogen-bond donors (Lipinski definition) is 0. The van der Waals surface area contributed by atoms with Crippen molar-refractivity contribution in [1.29, 1.82) is 0 Å². The molecule has 3 aromatic rings. The third kappa shape index (κ3) is 1.83. The van der Waals surface area contributed by atoms with Gasteiger partial charge >= 0.3 is 0 Å². The average Bonchev–Trinajstić information content (AvgIpc) is 2.90. The van der Waals surface area contributed by atoms with Gasteiger partial charge in [-0.1, -0.05) is 48.5 Å². The van der Waals surface area contributed by atoms with Crippen LogP contribution in [0, 0.1) is 6.33 Å². The second kappa shape index (κ2) is 4.22. The van der Waals surface area contributed by atoms with Crippen molar-refractivity contribution in [3.8, 4) is 17.1 Å². The monoisotopic (exact) mass is 220 g/mol. The van der Waals surface area contributed by atoms with Gasteiger partial charge in [-0.2, -0.15) is 0 Å². The molecule has 1 radical (unpaired) electrons. The summed E-state index contributed by atoms with van der Waals surface area (Å²) in [7, 11) is 0. The molecule has 81 valence electrons. The summed E-state index contributed by atoms with van der Waals surface area (Å²) < 4.78 is 1.79. The minimum atomic E-state index is 0.803. The first-order valence-corrected chi connectivity index (χ1v) is 5.39. The van der Waals surface area contributed by atoms with Crippen LogP contribution in [-0.2, 0) is 0 Å². The van der Waals surface area contributed by atoms with Gasteiger partial charge in [0.2, 0.25) is 6.33 Å². The molecule has 0 N–H and O–H groups in total. The summed E-state index contributed by atoms with van der Waals surface area (Å²) in [6.45, 7) is 0. The van der Waals surface area contributed by atoms with Crippen molar-refractivity contribution in [1.82, 2.24) is 14.8 Å². The van der Waals surface area contributed by atoms with Gasteiger partial charge in [-0.25, -0.2) is 9.67 Å². The van der Waals surface area contributed by atoms with Crippen molar-refractivity contribution in [3.05, 3.63) is 67.0 Å². The number of nitrogens with zero attached hydrogens (tertiary/aromatic N) is 3. The Morgan fingerprint density at radius 3 is 2.18 bits per heavy atom. The molecule has 3 heteroatoms. The van der Waals surface area contributed by atoms with Gasteiger partial charge in [-0.15, -0.1) is 5.10 Å². The lowest BCUT2D eigenvalue weighted by molar-refractivity contribution is 0.884. The Morgan fingerprint density at radius 1 is 0.824 bits per heavy atom. The molecule has 0 saturated heterocycles. The molecule has 0 saturated carbocycles. The summed E-state index contributed by atoms with van der Waals surface area (Å²) in [5.74, 6) is 0.803. The fourth-order valence-electron chi connectivity index (χ4n) is 1.73. The lowest BCUT2D eigenvalue weighted by atomic mass is 10.2. The van der Waals surface area contributed by atoms with Crippen LogP contribution in [0.1, 0.15) is 0 Å². The summed E-state index contributed by atoms with van der Waals surface area (Å²) in [5, 5.41) is 4.14. The van der Waals surface area contributed by atoms with Crippen LogP contribution in [0.4, 0.5) is 0 Å². The minimum absolute atomic E-state index is 0.803. The first-order chi connectivity index (χ1) is 8.45. The molecule has 0 bridgehead atoms. The molecule has 1 aromatic heterocycles. The van der Waals surface area contributed by atoms with Crippen LogP contribution in [-0.4, -0.2) is 14.8 Å². The quantitative estimate of drug-likeness (QED) is 0.664. The molecule has 0 unspecified atom stereocenters. The van der Waals surface area contributed by atoms with Crippen LogP contribution >= 0.6 is 0 Å². The molecule has 1 heterocycles. The van der Waals surface area contributed by atoms with E-state index in [0.29, 0.717) is 0 Å². The van der Waals surface area contributed by atoms with Crippen molar-refractivity contribution in [2.45, 2.75) is 0 Å². The maximum atomic E-state index is 4.19. The van der Waals surface area contributed by atoms with Gasteiger partial charge < -0.3 is 0 Å². The molecule has 0 aliphatic rings. The fourth-order valence-corrected chi connectivity index (χ4v) is 1.73. The van der Waals surface area contributed by atoms with Crippen molar-refractivity contribution in [2.75, 3.05) is 0 Å². The lowest BCUT2D eigenvalue weighted by Crippen LogP contribution is -1.98. The van der Waals surface area contributed by atoms with Crippen LogP contribution in [0.2, 0.25) is 0 Å². The topological polar surface area (TPSA) is 30.7 Å². The molecular formula is C14H10N3. The highest BCUT2D eigenvalue weighted by atomic mass is 15.3. The highest BCUT2D eigenvalue weighted by Crippen LogP contribution is 2.18. The maximum absolute atomic E-state index is 4.19. The van der Waals surface area contributed by atoms with Gasteiger partial charge in [0, 0.05) is 5.56 Å². The maximum Gasteiger partial charge on any atom is 0.221 e. The van der Waals surface area contributed by atoms with E-state index in [2.05, 4.69) is 16.4 Å². The number of para-hydroxylation sites is 1. The Balaban J connectivity index is 2.13. The molecule has 0 aliphatic heterocycles. The van der Waals surface area contributed by atoms with Gasteiger partial charge in [-0.3, -0.25) is 0 Å². The van der Waals surface area contributed by atoms with Crippen LogP contribution in [0.3, 0.4) is 0 Å². The predicted octanol–water partition coefficient (Wildman–Crippen LogP) is 2.73. The normalized spacial score (nSPS) is 10.4. The third-order valence-electron chi connectivity index (χ3n) is 2.53. The summed E-state index contributed by atoms with van der Waals surface area (Å²) >= 11 is 0. The SMILES string of the molecule is [c]1nc(-c2ccccc2)n(-c2ccccc2)n1. The lowest BCUT2D eigenvalue weighted by Gasteiger charge is -2.05. The van der Waals surface area contributed by atoms with Crippen LogP contribution in [0.15, 0.2) is 60.7 Å². The molecular weight excluding hydrogens is 210 g/mol. The zero-order chi connectivity index (χ0) is 11.5. The number of rotatable bonds is 2. The highest BCUT2D eigenvalue weighted by Gasteiger charge is 2.08. The summed E-state index contributed by atoms with van der Waals surface area (Å²) in [6, 6.07) is 19.9. The Bertz CT molecular complexity index is 546. The van der Waals surface area contributed by atoms with Gasteiger partial charge in [0.1, 0.15) is 0 Å². The predicted molar refractivity (Wildman–Crippen MR) is 65.6 cm³/mol. The molecule has 3 rings (SSSR count). The van der Waals surface area contributed by atoms with Crippen LogP contribution in [0.25, 0.3) is 17.1 Å². The number of hydrogen-bond acceptors (Lipinski definition) is 2. The minimum Gasteiger partial charge on any atom is -0.213 e. The fraction of sp³-hybridized carbons (Fsp3) is 0. The number of aromatic nitrogens is 3. The van der Waals surface area contributed by atoms with Gasteiger partial charge in [-0.05, 0) is 12.1 Å². The van der Waals surface area contributed by atoms with Gasteiger partial charge in [0.05, 0.1) is 5.69 Å². The van der Waals surface area contributed by atoms with E-state index < -0.39 is 0 Å². The van der Waals surface area contributed by atoms with E-state index in [9.17, 15) is 0 Å². The van der Waals surface area contributed by atoms with Crippen LogP contribution in [0.5, 0.6) is 0 Å². The molecule has 2 aromatic carbocycles. The first kappa shape index (κ1) is 9.78. The largest absolute Gasteiger partial charge is 0.221 e. The van der Waals surface area contributed by atoms with Crippen LogP contribution < -0.4 is 0 Å². The number of benzene rings is 2. The van der Waals surface area contributed by atoms with E-state index >= 15 is 0 Å². The average molecular weight is 220 g/mol. The van der Waals surface area contributed by atoms with E-state index in [4.69, 9.17) is 0 Å². The van der Waals surface area contributed by atoms with Gasteiger partial charge in [0.25, 0.3) is 0 Å². The van der Waals surface area contributed by atoms with Crippen molar-refractivity contribution in [2.24, 2.45) is 0 Å². The highest BCUT2D eigenvalue weighted by molar-refractivity contribution is 5.57. The van der Waals surface area contributed by atoms with E-state index in [-0.39, 0.29) is 0 Å². The van der Waals surface area contributed by atoms with Crippen molar-refractivity contribution >= 4 is 0 Å². The molecule has 0 amide bonds. The second-order valence-corrected chi connectivity index (χ2v) is 3.65. The molecule has 0 spiro atoms. The first-order valence-electron chi connectivity index (χ1n) is 5.39. The Labute approximate surface area is 99.4 Å². The standard InChI is InChI=1S/C14H10N3/c1-3-7-12(8-4-1)14-15-11-16-17(14)13-9-5-2-6-10-13/h1-10H. The Hall–Kier alpha value is -2.42. The smallest absolute Gasteiger partial charge is 0.213 e. The molecule has 3 nitrogen and oxygen atoms in total. The Morgan fingerprint density at radius 2 is 1.47 bits per heavy atom. The van der Waals surface area contributed by atoms with Crippen molar-refractivity contribution < 1.29 is 0 Å². The van der Waals surface area contributed by atoms with Crippen molar-refractivity contribution in [3.63, 3.8) is 0 Å². The summed E-state index contributed by atoms with van der Waals surface area (Å²) in [5.41, 5.74) is 2.02. The van der Waals surface area contributed by atoms with Gasteiger partial charge in [0.15, 0.2) is 5.82 Å². The van der Waals surface area contributed by atoms with E-state index in [0.717, 1.165) is 17.1 Å². The second-order valence-electron chi connectivity index (χ2n) is 3.65. The van der Waals surface area contributed by atoms with E-state index in [1.165, 1.54) is 0 Å². The third-order valence-corrected chi connectivity index (χ3v) is 2.53.